The van der Waals surface area contributed by atoms with Crippen LogP contribution in [0, 0.1) is 0 Å². The third-order valence-electron chi connectivity index (χ3n) is 1.89. The van der Waals surface area contributed by atoms with E-state index < -0.39 is 11.9 Å². The predicted octanol–water partition coefficient (Wildman–Crippen LogP) is 2.04. The molecule has 0 fully saturated rings. The number of halogens is 1. The Hall–Kier alpha value is -1.10. The third kappa shape index (κ3) is 2.23. The van der Waals surface area contributed by atoms with Crippen molar-refractivity contribution in [3.63, 3.8) is 0 Å². The summed E-state index contributed by atoms with van der Waals surface area (Å²) in [5, 5.41) is 8.83. The molecule has 1 heterocycles. The molecule has 1 unspecified atom stereocenters. The van der Waals surface area contributed by atoms with E-state index in [-0.39, 0.29) is 0 Å². The first-order valence-corrected chi connectivity index (χ1v) is 4.78. The lowest BCUT2D eigenvalue weighted by Gasteiger charge is -2.10. The molecule has 0 aliphatic rings. The van der Waals surface area contributed by atoms with E-state index >= 15 is 0 Å². The number of carbonyl (C=O) groups is 1. The van der Waals surface area contributed by atoms with Gasteiger partial charge in [0.25, 0.3) is 0 Å². The van der Waals surface area contributed by atoms with Crippen LogP contribution in [0.25, 0.3) is 0 Å². The molecule has 1 atom stereocenters. The van der Waals surface area contributed by atoms with Crippen molar-refractivity contribution in [1.82, 2.24) is 4.98 Å². The Kier molecular flexibility index (Phi) is 3.46. The first-order valence-electron chi connectivity index (χ1n) is 3.99. The summed E-state index contributed by atoms with van der Waals surface area (Å²) in [6.07, 6.45) is 0. The van der Waals surface area contributed by atoms with Crippen LogP contribution in [0.2, 0.25) is 0 Å². The summed E-state index contributed by atoms with van der Waals surface area (Å²) in [5.41, 5.74) is 0.572. The molecule has 0 aliphatic heterocycles. The number of nitrogens with zero attached hydrogens (tertiary/aromatic N) is 1. The van der Waals surface area contributed by atoms with Crippen LogP contribution >= 0.6 is 15.9 Å². The van der Waals surface area contributed by atoms with Gasteiger partial charge in [-0.15, -0.1) is 0 Å². The number of carboxylic acids is 1. The van der Waals surface area contributed by atoms with E-state index in [2.05, 4.69) is 20.9 Å². The van der Waals surface area contributed by atoms with Gasteiger partial charge in [-0.3, -0.25) is 4.79 Å². The van der Waals surface area contributed by atoms with Gasteiger partial charge in [-0.25, -0.2) is 4.98 Å². The van der Waals surface area contributed by atoms with Crippen molar-refractivity contribution >= 4 is 21.9 Å². The number of aromatic nitrogens is 1. The molecular weight excluding hydrogens is 250 g/mol. The highest BCUT2D eigenvalue weighted by Gasteiger charge is 2.19. The summed E-state index contributed by atoms with van der Waals surface area (Å²) in [5.74, 6) is -1.17. The Morgan fingerprint density at radius 1 is 1.64 bits per heavy atom. The summed E-state index contributed by atoms with van der Waals surface area (Å²) in [6, 6.07) is 3.38. The first kappa shape index (κ1) is 11.0. The standard InChI is InChI=1S/C9H10BrNO3/c1-5(9(12)13)6-3-4-7(10)11-8(6)14-2/h3-5H,1-2H3,(H,12,13). The molecule has 5 heteroatoms. The topological polar surface area (TPSA) is 59.4 Å². The van der Waals surface area contributed by atoms with E-state index in [1.165, 1.54) is 7.11 Å². The van der Waals surface area contributed by atoms with Crippen LogP contribution in [0.1, 0.15) is 18.4 Å². The monoisotopic (exact) mass is 259 g/mol. The molecule has 1 aromatic rings. The molecule has 0 spiro atoms. The highest BCUT2D eigenvalue weighted by molar-refractivity contribution is 9.10. The Bertz CT molecular complexity index is 354. The van der Waals surface area contributed by atoms with Crippen LogP contribution in [-0.4, -0.2) is 23.2 Å². The molecule has 76 valence electrons. The Balaban J connectivity index is 3.13. The van der Waals surface area contributed by atoms with Crippen molar-refractivity contribution in [1.29, 1.82) is 0 Å². The van der Waals surface area contributed by atoms with Crippen molar-refractivity contribution in [2.75, 3.05) is 7.11 Å². The van der Waals surface area contributed by atoms with E-state index in [1.807, 2.05) is 0 Å². The number of aliphatic carboxylic acids is 1. The molecule has 1 N–H and O–H groups in total. The molecule has 0 saturated carbocycles. The Morgan fingerprint density at radius 2 is 2.29 bits per heavy atom. The predicted molar refractivity (Wildman–Crippen MR) is 54.5 cm³/mol. The van der Waals surface area contributed by atoms with Gasteiger partial charge in [0.1, 0.15) is 4.60 Å². The van der Waals surface area contributed by atoms with Crippen LogP contribution in [0.15, 0.2) is 16.7 Å². The van der Waals surface area contributed by atoms with Crippen LogP contribution in [0.4, 0.5) is 0 Å². The van der Waals surface area contributed by atoms with E-state index in [9.17, 15) is 4.79 Å². The van der Waals surface area contributed by atoms with E-state index in [1.54, 1.807) is 19.1 Å². The minimum atomic E-state index is -0.896. The van der Waals surface area contributed by atoms with Gasteiger partial charge in [0, 0.05) is 5.56 Å². The molecule has 1 aromatic heterocycles. The third-order valence-corrected chi connectivity index (χ3v) is 2.33. The highest BCUT2D eigenvalue weighted by atomic mass is 79.9. The molecule has 4 nitrogen and oxygen atoms in total. The smallest absolute Gasteiger partial charge is 0.310 e. The molecule has 0 amide bonds. The molecule has 14 heavy (non-hydrogen) atoms. The van der Waals surface area contributed by atoms with Crippen molar-refractivity contribution in [3.8, 4) is 5.88 Å². The second-order valence-electron chi connectivity index (χ2n) is 2.79. The number of pyridine rings is 1. The fourth-order valence-corrected chi connectivity index (χ4v) is 1.35. The van der Waals surface area contributed by atoms with Crippen LogP contribution < -0.4 is 4.74 Å². The average molecular weight is 260 g/mol. The van der Waals surface area contributed by atoms with Gasteiger partial charge in [0.15, 0.2) is 0 Å². The second-order valence-corrected chi connectivity index (χ2v) is 3.60. The normalized spacial score (nSPS) is 12.2. The number of hydrogen-bond acceptors (Lipinski definition) is 3. The number of ether oxygens (including phenoxy) is 1. The highest BCUT2D eigenvalue weighted by Crippen LogP contribution is 2.26. The number of methoxy groups -OCH3 is 1. The molecule has 0 bridgehead atoms. The maximum atomic E-state index is 10.8. The van der Waals surface area contributed by atoms with Crippen LogP contribution in [0.3, 0.4) is 0 Å². The largest absolute Gasteiger partial charge is 0.481 e. The zero-order valence-corrected chi connectivity index (χ0v) is 9.41. The minimum Gasteiger partial charge on any atom is -0.481 e. The maximum absolute atomic E-state index is 10.8. The molecule has 0 radical (unpaired) electrons. The van der Waals surface area contributed by atoms with Crippen molar-refractivity contribution in [2.24, 2.45) is 0 Å². The molecular formula is C9H10BrNO3. The molecule has 0 aliphatic carbocycles. The van der Waals surface area contributed by atoms with Crippen LogP contribution in [0.5, 0.6) is 5.88 Å². The van der Waals surface area contributed by atoms with E-state index in [4.69, 9.17) is 9.84 Å². The van der Waals surface area contributed by atoms with Gasteiger partial charge in [-0.05, 0) is 28.9 Å². The fraction of sp³-hybridized carbons (Fsp3) is 0.333. The lowest BCUT2D eigenvalue weighted by Crippen LogP contribution is -2.09. The van der Waals surface area contributed by atoms with Crippen molar-refractivity contribution < 1.29 is 14.6 Å². The molecule has 0 aromatic carbocycles. The van der Waals surface area contributed by atoms with Gasteiger partial charge in [-0.2, -0.15) is 0 Å². The van der Waals surface area contributed by atoms with E-state index in [0.29, 0.717) is 16.0 Å². The first-order chi connectivity index (χ1) is 6.56. The molecule has 0 saturated heterocycles. The SMILES string of the molecule is COc1nc(Br)ccc1C(C)C(=O)O. The quantitative estimate of drug-likeness (QED) is 0.845. The number of hydrogen-bond donors (Lipinski definition) is 1. The second kappa shape index (κ2) is 4.41. The molecule has 1 rings (SSSR count). The van der Waals surface area contributed by atoms with Gasteiger partial charge in [0.05, 0.1) is 13.0 Å². The maximum Gasteiger partial charge on any atom is 0.310 e. The zero-order chi connectivity index (χ0) is 10.7. The average Bonchev–Trinajstić information content (AvgIpc) is 2.16. The van der Waals surface area contributed by atoms with Gasteiger partial charge >= 0.3 is 5.97 Å². The van der Waals surface area contributed by atoms with Crippen LogP contribution in [-0.2, 0) is 4.79 Å². The summed E-state index contributed by atoms with van der Waals surface area (Å²) < 4.78 is 5.61. The Labute approximate surface area is 90.0 Å². The van der Waals surface area contributed by atoms with Gasteiger partial charge < -0.3 is 9.84 Å². The zero-order valence-electron chi connectivity index (χ0n) is 7.82. The Morgan fingerprint density at radius 3 is 2.79 bits per heavy atom. The summed E-state index contributed by atoms with van der Waals surface area (Å²) in [6.45, 7) is 1.59. The number of carboxylic acid groups (broad SMARTS) is 1. The van der Waals surface area contributed by atoms with Gasteiger partial charge in [0.2, 0.25) is 5.88 Å². The lowest BCUT2D eigenvalue weighted by atomic mass is 10.0. The van der Waals surface area contributed by atoms with Gasteiger partial charge in [-0.1, -0.05) is 6.07 Å². The number of rotatable bonds is 3. The van der Waals surface area contributed by atoms with E-state index in [0.717, 1.165) is 0 Å². The fourth-order valence-electron chi connectivity index (χ4n) is 1.05. The summed E-state index contributed by atoms with van der Waals surface area (Å²) in [4.78, 5) is 14.8. The summed E-state index contributed by atoms with van der Waals surface area (Å²) in [7, 11) is 1.47. The summed E-state index contributed by atoms with van der Waals surface area (Å²) >= 11 is 3.18. The van der Waals surface area contributed by atoms with Crippen molar-refractivity contribution in [3.05, 3.63) is 22.3 Å². The lowest BCUT2D eigenvalue weighted by molar-refractivity contribution is -0.138. The minimum absolute atomic E-state index is 0.342. The van der Waals surface area contributed by atoms with Crippen molar-refractivity contribution in [2.45, 2.75) is 12.8 Å².